The Bertz CT molecular complexity index is 1240. The molecular weight excluding hydrogens is 429 g/mol. The van der Waals surface area contributed by atoms with E-state index < -0.39 is 11.7 Å². The number of carbonyl (C=O) groups is 2. The summed E-state index contributed by atoms with van der Waals surface area (Å²) in [5, 5.41) is 3.28. The van der Waals surface area contributed by atoms with Gasteiger partial charge in [-0.25, -0.2) is 9.37 Å². The molecule has 0 bridgehead atoms. The van der Waals surface area contributed by atoms with Crippen molar-refractivity contribution in [2.24, 2.45) is 0 Å². The van der Waals surface area contributed by atoms with Crippen molar-refractivity contribution in [2.75, 3.05) is 19.0 Å². The van der Waals surface area contributed by atoms with E-state index in [9.17, 15) is 14.0 Å². The summed E-state index contributed by atoms with van der Waals surface area (Å²) in [5.74, 6) is -1.04. The molecule has 0 fully saturated rings. The summed E-state index contributed by atoms with van der Waals surface area (Å²) in [6, 6.07) is 20.4. The van der Waals surface area contributed by atoms with Crippen molar-refractivity contribution in [3.05, 3.63) is 89.2 Å². The van der Waals surface area contributed by atoms with Gasteiger partial charge in [-0.1, -0.05) is 36.4 Å². The fourth-order valence-corrected chi connectivity index (χ4v) is 4.15. The smallest absolute Gasteiger partial charge is 0.262 e. The number of carbonyl (C=O) groups excluding carboxylic acids is 2. The molecule has 32 heavy (non-hydrogen) atoms. The fraction of sp³-hybridized carbons (Fsp3) is 0.125. The summed E-state index contributed by atoms with van der Waals surface area (Å²) >= 11 is 1.54. The van der Waals surface area contributed by atoms with Crippen LogP contribution in [0.15, 0.2) is 72.8 Å². The number of amides is 2. The third kappa shape index (κ3) is 4.92. The molecular formula is C24H20FN3O3S. The van der Waals surface area contributed by atoms with Crippen LogP contribution in [0.1, 0.15) is 15.4 Å². The summed E-state index contributed by atoms with van der Waals surface area (Å²) < 4.78 is 20.4. The van der Waals surface area contributed by atoms with E-state index >= 15 is 0 Å². The number of rotatable bonds is 7. The first-order valence-electron chi connectivity index (χ1n) is 9.87. The van der Waals surface area contributed by atoms with Crippen LogP contribution in [0, 0.1) is 5.82 Å². The Labute approximate surface area is 188 Å². The van der Waals surface area contributed by atoms with Crippen LogP contribution in [0.3, 0.4) is 0 Å². The number of nitrogens with one attached hydrogen (secondary N) is 1. The zero-order chi connectivity index (χ0) is 22.5. The van der Waals surface area contributed by atoms with Gasteiger partial charge in [0.15, 0.2) is 6.61 Å². The number of aromatic nitrogens is 1. The van der Waals surface area contributed by atoms with E-state index in [1.807, 2.05) is 24.3 Å². The molecule has 0 saturated heterocycles. The quantitative estimate of drug-likeness (QED) is 0.443. The number of benzene rings is 3. The lowest BCUT2D eigenvalue weighted by Crippen LogP contribution is -2.27. The number of fused-ring (bicyclic) bond motifs is 1. The minimum Gasteiger partial charge on any atom is -0.483 e. The zero-order valence-corrected chi connectivity index (χ0v) is 18.1. The Hall–Kier alpha value is -3.78. The minimum atomic E-state index is -0.534. The van der Waals surface area contributed by atoms with Gasteiger partial charge in [0.1, 0.15) is 16.6 Å². The van der Waals surface area contributed by atoms with Crippen LogP contribution in [0.4, 0.5) is 10.1 Å². The molecule has 162 valence electrons. The monoisotopic (exact) mass is 449 g/mol. The third-order valence-electron chi connectivity index (χ3n) is 4.68. The summed E-state index contributed by atoms with van der Waals surface area (Å²) in [6.07, 6.45) is 0. The molecule has 0 spiro atoms. The van der Waals surface area contributed by atoms with Crippen LogP contribution in [-0.4, -0.2) is 35.4 Å². The van der Waals surface area contributed by atoms with Gasteiger partial charge < -0.3 is 15.0 Å². The van der Waals surface area contributed by atoms with E-state index in [1.165, 1.54) is 29.5 Å². The predicted molar refractivity (Wildman–Crippen MR) is 122 cm³/mol. The van der Waals surface area contributed by atoms with Gasteiger partial charge in [-0.2, -0.15) is 0 Å². The second-order valence-electron chi connectivity index (χ2n) is 7.05. The highest BCUT2D eigenvalue weighted by Gasteiger charge is 2.19. The van der Waals surface area contributed by atoms with Gasteiger partial charge >= 0.3 is 0 Å². The molecule has 1 aromatic heterocycles. The van der Waals surface area contributed by atoms with Crippen LogP contribution >= 0.6 is 11.3 Å². The lowest BCUT2D eigenvalue weighted by atomic mass is 10.2. The van der Waals surface area contributed by atoms with Gasteiger partial charge in [-0.15, -0.1) is 11.3 Å². The maximum atomic E-state index is 13.7. The number of thiazole rings is 1. The molecule has 0 radical (unpaired) electrons. The SMILES string of the molecule is CN(Cc1nc2ccccc2s1)C(=O)c1ccccc1OCC(=O)Nc1ccccc1F. The van der Waals surface area contributed by atoms with Crippen molar-refractivity contribution < 1.29 is 18.7 Å². The van der Waals surface area contributed by atoms with Gasteiger partial charge in [-0.3, -0.25) is 9.59 Å². The molecule has 6 nitrogen and oxygen atoms in total. The summed E-state index contributed by atoms with van der Waals surface area (Å²) in [7, 11) is 1.69. The number of halogens is 1. The Morgan fingerprint density at radius 3 is 2.56 bits per heavy atom. The number of anilines is 1. The molecule has 1 N–H and O–H groups in total. The summed E-state index contributed by atoms with van der Waals surface area (Å²) in [6.45, 7) is -0.0134. The largest absolute Gasteiger partial charge is 0.483 e. The lowest BCUT2D eigenvalue weighted by Gasteiger charge is -2.18. The van der Waals surface area contributed by atoms with Crippen molar-refractivity contribution in [1.29, 1.82) is 0 Å². The Morgan fingerprint density at radius 2 is 1.75 bits per heavy atom. The van der Waals surface area contributed by atoms with Crippen molar-refractivity contribution in [1.82, 2.24) is 9.88 Å². The van der Waals surface area contributed by atoms with Gasteiger partial charge in [0.2, 0.25) is 0 Å². The molecule has 8 heteroatoms. The zero-order valence-electron chi connectivity index (χ0n) is 17.2. The minimum absolute atomic E-state index is 0.0704. The number of ether oxygens (including phenoxy) is 1. The topological polar surface area (TPSA) is 71.5 Å². The van der Waals surface area contributed by atoms with Crippen molar-refractivity contribution in [3.63, 3.8) is 0 Å². The summed E-state index contributed by atoms with van der Waals surface area (Å²) in [4.78, 5) is 31.3. The molecule has 0 aliphatic rings. The third-order valence-corrected chi connectivity index (χ3v) is 5.70. The average Bonchev–Trinajstić information content (AvgIpc) is 3.21. The second kappa shape index (κ2) is 9.57. The van der Waals surface area contributed by atoms with Crippen LogP contribution in [-0.2, 0) is 11.3 Å². The highest BCUT2D eigenvalue weighted by molar-refractivity contribution is 7.18. The molecule has 0 unspecified atom stereocenters. The molecule has 0 aliphatic heterocycles. The molecule has 2 amide bonds. The first kappa shape index (κ1) is 21.5. The first-order valence-corrected chi connectivity index (χ1v) is 10.7. The molecule has 0 saturated carbocycles. The predicted octanol–water partition coefficient (Wildman–Crippen LogP) is 4.73. The highest BCUT2D eigenvalue weighted by Crippen LogP contribution is 2.24. The molecule has 1 heterocycles. The van der Waals surface area contributed by atoms with Crippen LogP contribution in [0.25, 0.3) is 10.2 Å². The lowest BCUT2D eigenvalue weighted by molar-refractivity contribution is -0.118. The number of nitrogens with zero attached hydrogens (tertiary/aromatic N) is 2. The Morgan fingerprint density at radius 1 is 1.03 bits per heavy atom. The van der Waals surface area contributed by atoms with E-state index in [-0.39, 0.29) is 24.0 Å². The van der Waals surface area contributed by atoms with E-state index in [0.29, 0.717) is 12.1 Å². The molecule has 4 rings (SSSR count). The number of para-hydroxylation sites is 3. The van der Waals surface area contributed by atoms with Gasteiger partial charge in [-0.05, 0) is 36.4 Å². The van der Waals surface area contributed by atoms with Gasteiger partial charge in [0.05, 0.1) is 28.0 Å². The molecule has 4 aromatic rings. The van der Waals surface area contributed by atoms with Crippen molar-refractivity contribution in [2.45, 2.75) is 6.54 Å². The van der Waals surface area contributed by atoms with Crippen molar-refractivity contribution >= 4 is 39.1 Å². The molecule has 0 atom stereocenters. The van der Waals surface area contributed by atoms with Crippen molar-refractivity contribution in [3.8, 4) is 5.75 Å². The maximum absolute atomic E-state index is 13.7. The number of hydrogen-bond donors (Lipinski definition) is 1. The Balaban J connectivity index is 1.42. The van der Waals surface area contributed by atoms with Crippen LogP contribution < -0.4 is 10.1 Å². The highest BCUT2D eigenvalue weighted by atomic mass is 32.1. The normalized spacial score (nSPS) is 10.7. The van der Waals surface area contributed by atoms with Crippen LogP contribution in [0.5, 0.6) is 5.75 Å². The molecule has 3 aromatic carbocycles. The fourth-order valence-electron chi connectivity index (χ4n) is 3.13. The van der Waals surface area contributed by atoms with E-state index in [0.717, 1.165) is 15.2 Å². The number of hydrogen-bond acceptors (Lipinski definition) is 5. The molecule has 0 aliphatic carbocycles. The second-order valence-corrected chi connectivity index (χ2v) is 8.16. The first-order chi connectivity index (χ1) is 15.5. The Kier molecular flexibility index (Phi) is 6.42. The summed E-state index contributed by atoms with van der Waals surface area (Å²) in [5.41, 5.74) is 1.30. The van der Waals surface area contributed by atoms with E-state index in [2.05, 4.69) is 10.3 Å². The van der Waals surface area contributed by atoms with E-state index in [4.69, 9.17) is 4.74 Å². The van der Waals surface area contributed by atoms with Crippen LogP contribution in [0.2, 0.25) is 0 Å². The van der Waals surface area contributed by atoms with Gasteiger partial charge in [0.25, 0.3) is 11.8 Å². The maximum Gasteiger partial charge on any atom is 0.262 e. The van der Waals surface area contributed by atoms with E-state index in [1.54, 1.807) is 42.3 Å². The average molecular weight is 450 g/mol. The standard InChI is InChI=1S/C24H20FN3O3S/c1-28(14-23-27-19-11-5-7-13-21(19)32-23)24(30)16-8-2-6-12-20(16)31-15-22(29)26-18-10-4-3-9-17(18)25/h2-13H,14-15H2,1H3,(H,26,29). The van der Waals surface area contributed by atoms with Gasteiger partial charge in [0, 0.05) is 7.05 Å².